The highest BCUT2D eigenvalue weighted by molar-refractivity contribution is 5.82. The summed E-state index contributed by atoms with van der Waals surface area (Å²) in [6.07, 6.45) is 5.04. The maximum absolute atomic E-state index is 9.37. The van der Waals surface area contributed by atoms with E-state index < -0.39 is 0 Å². The van der Waals surface area contributed by atoms with Gasteiger partial charge in [-0.3, -0.25) is 4.99 Å². The van der Waals surface area contributed by atoms with E-state index in [9.17, 15) is 5.11 Å². The number of hydrogen-bond donors (Lipinski definition) is 2. The molecule has 0 aromatic rings. The number of aliphatic imine (C=N–C) groups is 1. The van der Waals surface area contributed by atoms with E-state index in [1.165, 1.54) is 0 Å². The van der Waals surface area contributed by atoms with Crippen LogP contribution in [0.5, 0.6) is 0 Å². The number of nitrogens with two attached hydrogens (primary N) is 1. The van der Waals surface area contributed by atoms with E-state index in [-0.39, 0.29) is 6.61 Å². The number of fused-ring (bicyclic) bond motifs is 1. The zero-order valence-electron chi connectivity index (χ0n) is 13.0. The molecule has 0 spiro atoms. The molecule has 118 valence electrons. The normalized spacial score (nSPS) is 22.6. The van der Waals surface area contributed by atoms with Gasteiger partial charge in [-0.05, 0) is 31.9 Å². The third-order valence-electron chi connectivity index (χ3n) is 4.60. The average molecular weight is 302 g/mol. The Bertz CT molecular complexity index is 743. The van der Waals surface area contributed by atoms with E-state index in [1.807, 2.05) is 6.20 Å². The van der Waals surface area contributed by atoms with E-state index >= 15 is 0 Å². The summed E-state index contributed by atoms with van der Waals surface area (Å²) < 4.78 is 3.79. The lowest BCUT2D eigenvalue weighted by molar-refractivity contribution is 0.226. The first kappa shape index (κ1) is 14.8. The number of hydrogen-bond acceptors (Lipinski definition) is 5. The van der Waals surface area contributed by atoms with E-state index in [0.717, 1.165) is 35.9 Å². The molecule has 0 aromatic heterocycles. The van der Waals surface area contributed by atoms with Crippen LogP contribution in [-0.4, -0.2) is 39.8 Å². The third-order valence-corrected chi connectivity index (χ3v) is 4.60. The number of aryl methyl sites for hydroxylation is 1. The fourth-order valence-corrected chi connectivity index (χ4v) is 3.51. The van der Waals surface area contributed by atoms with Crippen molar-refractivity contribution >= 4 is 18.4 Å². The largest absolute Gasteiger partial charge is 0.396 e. The Kier molecular flexibility index (Phi) is 3.74. The van der Waals surface area contributed by atoms with Gasteiger partial charge in [-0.25, -0.2) is 9.67 Å². The summed E-state index contributed by atoms with van der Waals surface area (Å²) in [5.41, 5.74) is 8.68. The zero-order chi connectivity index (χ0) is 15.9. The van der Waals surface area contributed by atoms with Gasteiger partial charge in [0.15, 0.2) is 11.6 Å². The molecule has 1 aliphatic carbocycles. The highest BCUT2D eigenvalue weighted by Crippen LogP contribution is 2.38. The molecule has 7 heteroatoms. The van der Waals surface area contributed by atoms with Gasteiger partial charge in [0.05, 0.1) is 5.56 Å². The molecule has 0 aromatic carbocycles. The molecule has 2 heterocycles. The first-order valence-corrected chi connectivity index (χ1v) is 7.48. The molecular formula is C15H22N6O. The van der Waals surface area contributed by atoms with Gasteiger partial charge >= 0.3 is 0 Å². The molecule has 2 aliphatic heterocycles. The lowest BCUT2D eigenvalue weighted by Crippen LogP contribution is -2.21. The highest BCUT2D eigenvalue weighted by Gasteiger charge is 2.29. The minimum Gasteiger partial charge on any atom is -0.396 e. The van der Waals surface area contributed by atoms with Gasteiger partial charge in [0.1, 0.15) is 5.49 Å². The number of rotatable bonds is 3. The molecule has 22 heavy (non-hydrogen) atoms. The van der Waals surface area contributed by atoms with E-state index in [1.54, 1.807) is 18.8 Å². The van der Waals surface area contributed by atoms with Crippen LogP contribution in [0.15, 0.2) is 16.2 Å². The van der Waals surface area contributed by atoms with Crippen LogP contribution in [-0.2, 0) is 7.05 Å². The summed E-state index contributed by atoms with van der Waals surface area (Å²) in [7, 11) is 3.57. The minimum absolute atomic E-state index is 0.244. The number of aromatic nitrogens is 3. The van der Waals surface area contributed by atoms with E-state index in [2.05, 4.69) is 26.4 Å². The standard InChI is InChI=1S/C15H22N6O/c1-17-14-12-11(13(16)19-20(14)3)7-21(15(12)18-2)10-5-4-9(6-10)8-22/h7,9-10,22H,1,4-6,8H2,2-3H3,(H2,16,19)/t9-,10+/m1/s1. The maximum Gasteiger partial charge on any atom is 0.159 e. The monoisotopic (exact) mass is 302 g/mol. The number of aliphatic hydroxyl groups is 1. The smallest absolute Gasteiger partial charge is 0.159 e. The highest BCUT2D eigenvalue weighted by atomic mass is 16.3. The molecular weight excluding hydrogens is 280 g/mol. The van der Waals surface area contributed by atoms with Gasteiger partial charge in [0, 0.05) is 38.5 Å². The van der Waals surface area contributed by atoms with Crippen LogP contribution >= 0.6 is 0 Å². The summed E-state index contributed by atoms with van der Waals surface area (Å²) in [6, 6.07) is 0.325. The Morgan fingerprint density at radius 2 is 2.27 bits per heavy atom. The van der Waals surface area contributed by atoms with Gasteiger partial charge in [0.2, 0.25) is 0 Å². The number of nitrogen functional groups attached to an aromatic ring is 1. The second-order valence-electron chi connectivity index (χ2n) is 5.88. The number of anilines is 1. The SMILES string of the molecule is C=Nc1c2c(=NC)n([C@H]3CC[C@@H](CO)C3)cc-2c(N)nn1C. The van der Waals surface area contributed by atoms with Crippen LogP contribution in [0.1, 0.15) is 25.3 Å². The molecule has 0 amide bonds. The van der Waals surface area contributed by atoms with Crippen LogP contribution in [0.25, 0.3) is 11.1 Å². The van der Waals surface area contributed by atoms with E-state index in [4.69, 9.17) is 5.73 Å². The zero-order valence-corrected chi connectivity index (χ0v) is 13.0. The van der Waals surface area contributed by atoms with Crippen molar-refractivity contribution < 1.29 is 5.11 Å². The molecule has 3 N–H and O–H groups in total. The van der Waals surface area contributed by atoms with Crippen molar-refractivity contribution in [2.45, 2.75) is 25.3 Å². The Balaban J connectivity index is 2.23. The van der Waals surface area contributed by atoms with Crippen LogP contribution in [0.3, 0.4) is 0 Å². The Hall–Kier alpha value is -2.15. The molecule has 0 radical (unpaired) electrons. The maximum atomic E-state index is 9.37. The molecule has 3 aliphatic rings. The Morgan fingerprint density at radius 3 is 2.86 bits per heavy atom. The van der Waals surface area contributed by atoms with Gasteiger partial charge in [0.25, 0.3) is 0 Å². The quantitative estimate of drug-likeness (QED) is 0.831. The summed E-state index contributed by atoms with van der Waals surface area (Å²) in [4.78, 5) is 8.56. The van der Waals surface area contributed by atoms with Gasteiger partial charge < -0.3 is 15.4 Å². The van der Waals surface area contributed by atoms with Crippen LogP contribution in [0.4, 0.5) is 11.6 Å². The van der Waals surface area contributed by atoms with Crippen molar-refractivity contribution in [3.8, 4) is 11.1 Å². The van der Waals surface area contributed by atoms with Gasteiger partial charge in [-0.2, -0.15) is 5.10 Å². The summed E-state index contributed by atoms with van der Waals surface area (Å²) in [6.45, 7) is 3.89. The van der Waals surface area contributed by atoms with Crippen molar-refractivity contribution in [3.05, 3.63) is 11.7 Å². The molecule has 0 unspecified atom stereocenters. The van der Waals surface area contributed by atoms with Crippen molar-refractivity contribution in [1.29, 1.82) is 0 Å². The Labute approximate surface area is 129 Å². The molecule has 0 bridgehead atoms. The van der Waals surface area contributed by atoms with Crippen molar-refractivity contribution in [3.63, 3.8) is 0 Å². The minimum atomic E-state index is 0.244. The fourth-order valence-electron chi connectivity index (χ4n) is 3.51. The number of nitrogens with zero attached hydrogens (tertiary/aromatic N) is 5. The van der Waals surface area contributed by atoms with Crippen LogP contribution in [0.2, 0.25) is 0 Å². The predicted octanol–water partition coefficient (Wildman–Crippen LogP) is 1.10. The average Bonchev–Trinajstić information content (AvgIpc) is 3.11. The molecule has 0 saturated heterocycles. The molecule has 7 nitrogen and oxygen atoms in total. The van der Waals surface area contributed by atoms with Gasteiger partial charge in [-0.15, -0.1) is 0 Å². The van der Waals surface area contributed by atoms with Crippen LogP contribution in [0, 0.1) is 5.92 Å². The van der Waals surface area contributed by atoms with Crippen molar-refractivity contribution in [1.82, 2.24) is 14.3 Å². The van der Waals surface area contributed by atoms with E-state index in [0.29, 0.717) is 23.6 Å². The molecule has 1 fully saturated rings. The summed E-state index contributed by atoms with van der Waals surface area (Å²) in [5, 5.41) is 13.7. The summed E-state index contributed by atoms with van der Waals surface area (Å²) >= 11 is 0. The van der Waals surface area contributed by atoms with Crippen molar-refractivity contribution in [2.24, 2.45) is 23.0 Å². The molecule has 1 saturated carbocycles. The summed E-state index contributed by atoms with van der Waals surface area (Å²) in [5.74, 6) is 1.49. The first-order valence-electron chi connectivity index (χ1n) is 7.48. The fraction of sp³-hybridized carbons (Fsp3) is 0.533. The van der Waals surface area contributed by atoms with Crippen LogP contribution < -0.4 is 11.2 Å². The molecule has 2 atom stereocenters. The second-order valence-corrected chi connectivity index (χ2v) is 5.88. The lowest BCUT2D eigenvalue weighted by atomic mass is 10.1. The van der Waals surface area contributed by atoms with Crippen molar-refractivity contribution in [2.75, 3.05) is 19.4 Å². The second kappa shape index (κ2) is 5.57. The number of aliphatic hydroxyl groups excluding tert-OH is 1. The lowest BCUT2D eigenvalue weighted by Gasteiger charge is -2.12. The van der Waals surface area contributed by atoms with Gasteiger partial charge in [-0.1, -0.05) is 0 Å². The Morgan fingerprint density at radius 1 is 1.50 bits per heavy atom. The predicted molar refractivity (Wildman–Crippen MR) is 86.4 cm³/mol. The topological polar surface area (TPSA) is 93.7 Å². The third kappa shape index (κ3) is 2.12. The molecule has 3 rings (SSSR count). The first-order chi connectivity index (χ1) is 10.6.